The Balaban J connectivity index is 2.07. The number of rotatable bonds is 0. The highest BCUT2D eigenvalue weighted by Gasteiger charge is 2.15. The number of hydrogen-bond acceptors (Lipinski definition) is 3. The quantitative estimate of drug-likeness (QED) is 0.800. The summed E-state index contributed by atoms with van der Waals surface area (Å²) < 4.78 is 1.79. The van der Waals surface area contributed by atoms with Crippen molar-refractivity contribution in [2.24, 2.45) is 7.05 Å². The third-order valence-electron chi connectivity index (χ3n) is 3.64. The molecule has 1 amide bonds. The third-order valence-corrected chi connectivity index (χ3v) is 3.64. The zero-order valence-corrected chi connectivity index (χ0v) is 11.6. The van der Waals surface area contributed by atoms with Gasteiger partial charge in [0.15, 0.2) is 0 Å². The first kappa shape index (κ1) is 12.8. The molecule has 2 aromatic heterocycles. The minimum atomic E-state index is 0.0640. The van der Waals surface area contributed by atoms with Crippen LogP contribution in [0.4, 0.5) is 5.69 Å². The van der Waals surface area contributed by atoms with E-state index in [-0.39, 0.29) is 5.91 Å². The summed E-state index contributed by atoms with van der Waals surface area (Å²) in [5.74, 6) is 0.0640. The van der Waals surface area contributed by atoms with Crippen LogP contribution in [0.3, 0.4) is 0 Å². The Bertz CT molecular complexity index is 633. The number of hydrogen-bond donors (Lipinski definition) is 1. The zero-order valence-electron chi connectivity index (χ0n) is 11.6. The standard InChI is InChI=1S/C15H18N4O/c1-19-15-11-7-8-16-12(9-11)5-3-2-4-6-14(20)18-13(15)10-17-19/h7-10H,2-6H2,1H3,(H,18,20). The minimum Gasteiger partial charge on any atom is -0.323 e. The van der Waals surface area contributed by atoms with Crippen molar-refractivity contribution in [2.75, 3.05) is 5.32 Å². The topological polar surface area (TPSA) is 59.8 Å². The van der Waals surface area contributed by atoms with E-state index in [1.807, 2.05) is 19.3 Å². The van der Waals surface area contributed by atoms with Crippen LogP contribution in [0.1, 0.15) is 31.4 Å². The molecule has 5 heteroatoms. The number of carbonyl (C=O) groups is 1. The van der Waals surface area contributed by atoms with Crippen molar-refractivity contribution < 1.29 is 4.79 Å². The molecule has 2 bridgehead atoms. The molecule has 0 saturated heterocycles. The van der Waals surface area contributed by atoms with Crippen LogP contribution in [-0.4, -0.2) is 20.7 Å². The van der Waals surface area contributed by atoms with E-state index in [0.717, 1.165) is 48.3 Å². The summed E-state index contributed by atoms with van der Waals surface area (Å²) in [5, 5.41) is 7.22. The van der Waals surface area contributed by atoms with Crippen LogP contribution in [0.25, 0.3) is 11.3 Å². The average molecular weight is 270 g/mol. The lowest BCUT2D eigenvalue weighted by Crippen LogP contribution is -2.12. The number of amides is 1. The molecule has 0 saturated carbocycles. The molecule has 0 fully saturated rings. The second kappa shape index (κ2) is 5.45. The first-order chi connectivity index (χ1) is 9.74. The summed E-state index contributed by atoms with van der Waals surface area (Å²) in [4.78, 5) is 16.4. The van der Waals surface area contributed by atoms with E-state index in [1.54, 1.807) is 10.9 Å². The van der Waals surface area contributed by atoms with Gasteiger partial charge in [0.1, 0.15) is 0 Å². The molecule has 1 N–H and O–H groups in total. The number of anilines is 1. The van der Waals surface area contributed by atoms with Crippen molar-refractivity contribution in [3.63, 3.8) is 0 Å². The van der Waals surface area contributed by atoms with Crippen molar-refractivity contribution in [1.82, 2.24) is 14.8 Å². The lowest BCUT2D eigenvalue weighted by Gasteiger charge is -2.11. The normalized spacial score (nSPS) is 15.8. The van der Waals surface area contributed by atoms with Gasteiger partial charge in [0, 0.05) is 30.9 Å². The number of pyridine rings is 1. The molecule has 3 rings (SSSR count). The molecule has 0 atom stereocenters. The van der Waals surface area contributed by atoms with Crippen LogP contribution < -0.4 is 5.32 Å². The van der Waals surface area contributed by atoms with Gasteiger partial charge in [0.25, 0.3) is 0 Å². The van der Waals surface area contributed by atoms with Gasteiger partial charge in [-0.2, -0.15) is 5.10 Å². The Morgan fingerprint density at radius 3 is 3.00 bits per heavy atom. The largest absolute Gasteiger partial charge is 0.323 e. The first-order valence-corrected chi connectivity index (χ1v) is 7.01. The molecule has 0 unspecified atom stereocenters. The monoisotopic (exact) mass is 270 g/mol. The molecule has 20 heavy (non-hydrogen) atoms. The second-order valence-electron chi connectivity index (χ2n) is 5.18. The first-order valence-electron chi connectivity index (χ1n) is 7.01. The minimum absolute atomic E-state index is 0.0640. The molecular weight excluding hydrogens is 252 g/mol. The fourth-order valence-electron chi connectivity index (χ4n) is 2.61. The van der Waals surface area contributed by atoms with Gasteiger partial charge in [-0.05, 0) is 31.4 Å². The van der Waals surface area contributed by atoms with Gasteiger partial charge in [-0.25, -0.2) is 0 Å². The Labute approximate surface area is 118 Å². The summed E-state index contributed by atoms with van der Waals surface area (Å²) in [6.45, 7) is 0. The molecule has 0 radical (unpaired) electrons. The van der Waals surface area contributed by atoms with Crippen LogP contribution in [0.2, 0.25) is 0 Å². The fraction of sp³-hybridized carbons (Fsp3) is 0.400. The Morgan fingerprint density at radius 1 is 1.25 bits per heavy atom. The Hall–Kier alpha value is -2.17. The van der Waals surface area contributed by atoms with Crippen LogP contribution in [0, 0.1) is 0 Å². The second-order valence-corrected chi connectivity index (χ2v) is 5.18. The lowest BCUT2D eigenvalue weighted by molar-refractivity contribution is -0.116. The average Bonchev–Trinajstić information content (AvgIpc) is 2.78. The molecule has 3 heterocycles. The van der Waals surface area contributed by atoms with Crippen LogP contribution in [-0.2, 0) is 18.3 Å². The summed E-state index contributed by atoms with van der Waals surface area (Å²) in [5.41, 5.74) is 3.85. The van der Waals surface area contributed by atoms with E-state index >= 15 is 0 Å². The summed E-state index contributed by atoms with van der Waals surface area (Å²) in [6, 6.07) is 4.05. The van der Waals surface area contributed by atoms with E-state index in [2.05, 4.69) is 21.5 Å². The highest BCUT2D eigenvalue weighted by Crippen LogP contribution is 2.28. The summed E-state index contributed by atoms with van der Waals surface area (Å²) in [6.07, 6.45) is 8.11. The fourth-order valence-corrected chi connectivity index (χ4v) is 2.61. The number of nitrogens with one attached hydrogen (secondary N) is 1. The summed E-state index contributed by atoms with van der Waals surface area (Å²) >= 11 is 0. The van der Waals surface area contributed by atoms with E-state index in [4.69, 9.17) is 0 Å². The molecular formula is C15H18N4O. The van der Waals surface area contributed by atoms with E-state index < -0.39 is 0 Å². The highest BCUT2D eigenvalue weighted by atomic mass is 16.1. The van der Waals surface area contributed by atoms with E-state index in [0.29, 0.717) is 6.42 Å². The zero-order chi connectivity index (χ0) is 13.9. The van der Waals surface area contributed by atoms with Gasteiger partial charge in [-0.1, -0.05) is 6.42 Å². The number of aromatic nitrogens is 3. The summed E-state index contributed by atoms with van der Waals surface area (Å²) in [7, 11) is 1.89. The van der Waals surface area contributed by atoms with Gasteiger partial charge >= 0.3 is 0 Å². The molecule has 0 aromatic carbocycles. The van der Waals surface area contributed by atoms with Gasteiger partial charge in [0.05, 0.1) is 17.6 Å². The molecule has 104 valence electrons. The smallest absolute Gasteiger partial charge is 0.224 e. The van der Waals surface area contributed by atoms with Gasteiger partial charge in [-0.3, -0.25) is 14.5 Å². The maximum Gasteiger partial charge on any atom is 0.224 e. The van der Waals surface area contributed by atoms with Crippen LogP contribution in [0.15, 0.2) is 24.5 Å². The predicted octanol–water partition coefficient (Wildman–Crippen LogP) is 2.54. The number of nitrogens with zero attached hydrogens (tertiary/aromatic N) is 3. The van der Waals surface area contributed by atoms with Crippen molar-refractivity contribution in [3.05, 3.63) is 30.2 Å². The van der Waals surface area contributed by atoms with Crippen LogP contribution >= 0.6 is 0 Å². The number of fused-ring (bicyclic) bond motifs is 4. The van der Waals surface area contributed by atoms with E-state index in [1.165, 1.54) is 0 Å². The maximum atomic E-state index is 11.9. The molecule has 2 aromatic rings. The number of carbonyl (C=O) groups excluding carboxylic acids is 1. The molecule has 5 nitrogen and oxygen atoms in total. The van der Waals surface area contributed by atoms with Gasteiger partial charge < -0.3 is 5.32 Å². The predicted molar refractivity (Wildman–Crippen MR) is 77.2 cm³/mol. The molecule has 1 aliphatic rings. The Morgan fingerprint density at radius 2 is 2.10 bits per heavy atom. The van der Waals surface area contributed by atoms with Gasteiger partial charge in [-0.15, -0.1) is 0 Å². The van der Waals surface area contributed by atoms with E-state index in [9.17, 15) is 4.79 Å². The van der Waals surface area contributed by atoms with Crippen molar-refractivity contribution in [3.8, 4) is 11.3 Å². The highest BCUT2D eigenvalue weighted by molar-refractivity contribution is 5.94. The third kappa shape index (κ3) is 2.57. The lowest BCUT2D eigenvalue weighted by atomic mass is 10.1. The maximum absolute atomic E-state index is 11.9. The SMILES string of the molecule is Cn1ncc2c1-c1ccnc(c1)CCCCCC(=O)N2. The van der Waals surface area contributed by atoms with Crippen molar-refractivity contribution in [1.29, 1.82) is 0 Å². The molecule has 1 aliphatic heterocycles. The van der Waals surface area contributed by atoms with Crippen LogP contribution in [0.5, 0.6) is 0 Å². The van der Waals surface area contributed by atoms with Crippen molar-refractivity contribution in [2.45, 2.75) is 32.1 Å². The molecule has 0 aliphatic carbocycles. The number of aryl methyl sites for hydroxylation is 2. The van der Waals surface area contributed by atoms with Gasteiger partial charge in [0.2, 0.25) is 5.91 Å². The molecule has 0 spiro atoms. The van der Waals surface area contributed by atoms with Crippen molar-refractivity contribution >= 4 is 11.6 Å². The Kier molecular flexibility index (Phi) is 3.50.